The average Bonchev–Trinajstić information content (AvgIpc) is 2.70. The molecule has 0 aromatic heterocycles. The van der Waals surface area contributed by atoms with Gasteiger partial charge in [-0.2, -0.15) is 0 Å². The van der Waals surface area contributed by atoms with Crippen LogP contribution in [0.3, 0.4) is 0 Å². The molecule has 3 heterocycles. The summed E-state index contributed by atoms with van der Waals surface area (Å²) in [5.41, 5.74) is 0. The van der Waals surface area contributed by atoms with Gasteiger partial charge < -0.3 is 19.6 Å². The van der Waals surface area contributed by atoms with E-state index in [0.717, 1.165) is 6.54 Å². The second kappa shape index (κ2) is 29.8. The third-order valence-electron chi connectivity index (χ3n) is 4.57. The monoisotopic (exact) mass is 418 g/mol. The topological polar surface area (TPSA) is 13.0 Å². The Morgan fingerprint density at radius 2 is 0.828 bits per heavy atom. The maximum absolute atomic E-state index is 2.39. The number of likely N-dealkylation sites (N-methyl/N-ethyl adjacent to an activating group) is 3. The van der Waals surface area contributed by atoms with E-state index >= 15 is 0 Å². The second-order valence-corrected chi connectivity index (χ2v) is 6.99. The SMILES string of the molecule is C.C.C.CC.CC.CN1CC=CCC1.CN1CCCCC1.CN1CCN(C)CC1. The summed E-state index contributed by atoms with van der Waals surface area (Å²) in [5.74, 6) is 0. The summed E-state index contributed by atoms with van der Waals surface area (Å²) in [4.78, 5) is 9.42. The van der Waals surface area contributed by atoms with E-state index in [9.17, 15) is 0 Å². The molecule has 0 spiro atoms. The van der Waals surface area contributed by atoms with Gasteiger partial charge in [-0.3, -0.25) is 0 Å². The maximum atomic E-state index is 2.39. The van der Waals surface area contributed by atoms with Crippen LogP contribution >= 0.6 is 0 Å². The molecule has 4 nitrogen and oxygen atoms in total. The molecule has 29 heavy (non-hydrogen) atoms. The zero-order valence-electron chi connectivity index (χ0n) is 19.4. The summed E-state index contributed by atoms with van der Waals surface area (Å²) in [7, 11) is 8.68. The molecule has 0 bridgehead atoms. The quantitative estimate of drug-likeness (QED) is 0.460. The van der Waals surface area contributed by atoms with Gasteiger partial charge in [0.15, 0.2) is 0 Å². The second-order valence-electron chi connectivity index (χ2n) is 6.99. The molecule has 0 saturated carbocycles. The first-order chi connectivity index (χ1) is 12.6. The summed E-state index contributed by atoms with van der Waals surface area (Å²) < 4.78 is 0. The van der Waals surface area contributed by atoms with Gasteiger partial charge in [-0.1, -0.05) is 68.5 Å². The minimum atomic E-state index is 0. The van der Waals surface area contributed by atoms with Crippen molar-refractivity contribution in [2.24, 2.45) is 0 Å². The molecule has 2 fully saturated rings. The van der Waals surface area contributed by atoms with E-state index in [2.05, 4.69) is 59.9 Å². The molecule has 0 aromatic rings. The van der Waals surface area contributed by atoms with E-state index in [1.54, 1.807) is 0 Å². The molecule has 0 radical (unpaired) electrons. The van der Waals surface area contributed by atoms with E-state index in [0.29, 0.717) is 0 Å². The van der Waals surface area contributed by atoms with Crippen LogP contribution < -0.4 is 0 Å². The summed E-state index contributed by atoms with van der Waals surface area (Å²) >= 11 is 0. The maximum Gasteiger partial charge on any atom is 0.0160 e. The summed E-state index contributed by atoms with van der Waals surface area (Å²) in [6.07, 6.45) is 9.96. The zero-order chi connectivity index (χ0) is 20.2. The molecule has 2 saturated heterocycles. The number of nitrogens with zero attached hydrogens (tertiary/aromatic N) is 4. The lowest BCUT2D eigenvalue weighted by Crippen LogP contribution is -2.42. The highest BCUT2D eigenvalue weighted by Gasteiger charge is 2.07. The van der Waals surface area contributed by atoms with E-state index in [1.165, 1.54) is 71.5 Å². The Morgan fingerprint density at radius 1 is 0.448 bits per heavy atom. The van der Waals surface area contributed by atoms with Crippen molar-refractivity contribution in [3.8, 4) is 0 Å². The van der Waals surface area contributed by atoms with Crippen LogP contribution in [-0.4, -0.2) is 100 Å². The Labute approximate surface area is 188 Å². The lowest BCUT2D eigenvalue weighted by atomic mass is 10.1. The fraction of sp³-hybridized carbons (Fsp3) is 0.920. The molecule has 182 valence electrons. The normalized spacial score (nSPS) is 19.3. The van der Waals surface area contributed by atoms with Gasteiger partial charge in [0.25, 0.3) is 0 Å². The lowest BCUT2D eigenvalue weighted by molar-refractivity contribution is 0.181. The molecule has 3 aliphatic heterocycles. The van der Waals surface area contributed by atoms with Gasteiger partial charge in [-0.25, -0.2) is 0 Å². The fourth-order valence-corrected chi connectivity index (χ4v) is 2.72. The van der Waals surface area contributed by atoms with Gasteiger partial charge in [0, 0.05) is 39.3 Å². The van der Waals surface area contributed by atoms with Crippen molar-refractivity contribution in [1.29, 1.82) is 0 Å². The Balaban J connectivity index is -0.0000000873. The molecule has 3 rings (SSSR count). The predicted octanol–water partition coefficient (Wildman–Crippen LogP) is 5.80. The Morgan fingerprint density at radius 3 is 1.03 bits per heavy atom. The number of rotatable bonds is 0. The number of likely N-dealkylation sites (tertiary alicyclic amines) is 1. The highest BCUT2D eigenvalue weighted by atomic mass is 15.2. The Bertz CT molecular complexity index is 271. The highest BCUT2D eigenvalue weighted by Crippen LogP contribution is 2.04. The molecule has 0 atom stereocenters. The van der Waals surface area contributed by atoms with Gasteiger partial charge in [0.2, 0.25) is 0 Å². The van der Waals surface area contributed by atoms with Crippen molar-refractivity contribution in [1.82, 2.24) is 19.6 Å². The van der Waals surface area contributed by atoms with Crippen LogP contribution in [0.1, 0.15) is 75.7 Å². The zero-order valence-corrected chi connectivity index (χ0v) is 19.4. The van der Waals surface area contributed by atoms with E-state index in [1.807, 2.05) is 27.7 Å². The minimum Gasteiger partial charge on any atom is -0.306 e. The summed E-state index contributed by atoms with van der Waals surface area (Å²) in [6.45, 7) is 17.9. The first-order valence-corrected chi connectivity index (χ1v) is 11.0. The molecule has 0 unspecified atom stereocenters. The van der Waals surface area contributed by atoms with Crippen LogP contribution in [0.15, 0.2) is 12.2 Å². The molecule has 0 N–H and O–H groups in total. The average molecular weight is 419 g/mol. The van der Waals surface area contributed by atoms with Crippen molar-refractivity contribution in [2.75, 3.05) is 80.5 Å². The van der Waals surface area contributed by atoms with Crippen LogP contribution in [0.25, 0.3) is 0 Å². The highest BCUT2D eigenvalue weighted by molar-refractivity contribution is 4.89. The first kappa shape index (κ1) is 39.1. The smallest absolute Gasteiger partial charge is 0.0160 e. The van der Waals surface area contributed by atoms with Crippen molar-refractivity contribution < 1.29 is 0 Å². The molecule has 3 aliphatic rings. The van der Waals surface area contributed by atoms with Gasteiger partial charge in [-0.05, 0) is 60.5 Å². The van der Waals surface area contributed by atoms with E-state index in [-0.39, 0.29) is 22.3 Å². The largest absolute Gasteiger partial charge is 0.306 e. The van der Waals surface area contributed by atoms with Crippen LogP contribution in [0, 0.1) is 0 Å². The summed E-state index contributed by atoms with van der Waals surface area (Å²) in [5, 5.41) is 0. The standard InChI is InChI=1S/C6H14N2.C6H13N.C6H11N.2C2H6.3CH4/c1-7-3-5-8(2)6-4-7;2*1-7-5-3-2-4-6-7;2*1-2;;;/h3-6H2,1-2H3;2-6H2,1H3;2-3H,4-6H2,1H3;2*1-2H3;3*1H4. The van der Waals surface area contributed by atoms with Crippen molar-refractivity contribution in [3.63, 3.8) is 0 Å². The van der Waals surface area contributed by atoms with Crippen LogP contribution in [0.5, 0.6) is 0 Å². The predicted molar refractivity (Wildman–Crippen MR) is 140 cm³/mol. The first-order valence-electron chi connectivity index (χ1n) is 11.0. The van der Waals surface area contributed by atoms with Gasteiger partial charge >= 0.3 is 0 Å². The third-order valence-corrected chi connectivity index (χ3v) is 4.57. The van der Waals surface area contributed by atoms with Crippen LogP contribution in [-0.2, 0) is 0 Å². The van der Waals surface area contributed by atoms with Gasteiger partial charge in [0.1, 0.15) is 0 Å². The minimum absolute atomic E-state index is 0. The number of hydrogen-bond acceptors (Lipinski definition) is 4. The number of piperazine rings is 1. The molecule has 0 aromatic carbocycles. The Hall–Kier alpha value is -0.420. The molecular formula is C25H62N4. The third kappa shape index (κ3) is 27.6. The number of piperidine rings is 1. The molecular weight excluding hydrogens is 356 g/mol. The van der Waals surface area contributed by atoms with E-state index < -0.39 is 0 Å². The van der Waals surface area contributed by atoms with Crippen LogP contribution in [0.2, 0.25) is 0 Å². The summed E-state index contributed by atoms with van der Waals surface area (Å²) in [6, 6.07) is 0. The number of hydrogen-bond donors (Lipinski definition) is 0. The molecule has 0 amide bonds. The van der Waals surface area contributed by atoms with Crippen molar-refractivity contribution >= 4 is 0 Å². The fourth-order valence-electron chi connectivity index (χ4n) is 2.72. The van der Waals surface area contributed by atoms with Crippen LogP contribution in [0.4, 0.5) is 0 Å². The van der Waals surface area contributed by atoms with Crippen molar-refractivity contribution in [2.45, 2.75) is 75.7 Å². The lowest BCUT2D eigenvalue weighted by Gasteiger charge is -2.28. The van der Waals surface area contributed by atoms with Gasteiger partial charge in [0.05, 0.1) is 0 Å². The Kier molecular flexibility index (Phi) is 40.1. The molecule has 4 heteroatoms. The van der Waals surface area contributed by atoms with Crippen molar-refractivity contribution in [3.05, 3.63) is 12.2 Å². The van der Waals surface area contributed by atoms with E-state index in [4.69, 9.17) is 0 Å². The van der Waals surface area contributed by atoms with Gasteiger partial charge in [-0.15, -0.1) is 0 Å². The molecule has 0 aliphatic carbocycles.